The lowest BCUT2D eigenvalue weighted by atomic mass is 10.1. The molecule has 0 spiro atoms. The molecule has 0 fully saturated rings. The van der Waals surface area contributed by atoms with Gasteiger partial charge in [0.2, 0.25) is 0 Å². The van der Waals surface area contributed by atoms with Crippen LogP contribution in [0.15, 0.2) is 30.3 Å². The second-order valence-electron chi connectivity index (χ2n) is 7.13. The minimum Gasteiger partial charge on any atom is -0.444 e. The van der Waals surface area contributed by atoms with Gasteiger partial charge in [0, 0.05) is 19.7 Å². The highest BCUT2D eigenvalue weighted by Gasteiger charge is 2.22. The molecule has 0 aromatic heterocycles. The van der Waals surface area contributed by atoms with Crippen molar-refractivity contribution in [2.75, 3.05) is 19.7 Å². The SMILES string of the molecule is CC(CO)CCN(CCCc1ccccc1)C(=O)OC(C)(C)C. The molecule has 1 N–H and O–H groups in total. The number of aryl methyl sites for hydroxylation is 1. The topological polar surface area (TPSA) is 49.8 Å². The summed E-state index contributed by atoms with van der Waals surface area (Å²) in [6.07, 6.45) is 2.35. The number of rotatable bonds is 8. The van der Waals surface area contributed by atoms with Crippen LogP contribution in [0.2, 0.25) is 0 Å². The van der Waals surface area contributed by atoms with Gasteiger partial charge in [0.05, 0.1) is 0 Å². The third-order valence-corrected chi connectivity index (χ3v) is 3.59. The van der Waals surface area contributed by atoms with E-state index in [-0.39, 0.29) is 18.6 Å². The van der Waals surface area contributed by atoms with E-state index in [2.05, 4.69) is 12.1 Å². The van der Waals surface area contributed by atoms with Gasteiger partial charge >= 0.3 is 6.09 Å². The summed E-state index contributed by atoms with van der Waals surface area (Å²) >= 11 is 0. The first-order valence-corrected chi connectivity index (χ1v) is 8.44. The first-order valence-electron chi connectivity index (χ1n) is 8.44. The van der Waals surface area contributed by atoms with E-state index in [1.165, 1.54) is 5.56 Å². The van der Waals surface area contributed by atoms with E-state index in [4.69, 9.17) is 9.84 Å². The van der Waals surface area contributed by atoms with Crippen molar-refractivity contribution >= 4 is 6.09 Å². The molecular weight excluding hydrogens is 290 g/mol. The average molecular weight is 321 g/mol. The number of ether oxygens (including phenoxy) is 1. The molecule has 130 valence electrons. The lowest BCUT2D eigenvalue weighted by Gasteiger charge is -2.28. The van der Waals surface area contributed by atoms with Crippen molar-refractivity contribution in [3.05, 3.63) is 35.9 Å². The highest BCUT2D eigenvalue weighted by molar-refractivity contribution is 5.68. The summed E-state index contributed by atoms with van der Waals surface area (Å²) in [7, 11) is 0. The van der Waals surface area contributed by atoms with E-state index >= 15 is 0 Å². The standard InChI is InChI=1S/C19H31NO3/c1-16(15-21)12-14-20(18(22)23-19(2,3)4)13-8-11-17-9-6-5-7-10-17/h5-7,9-10,16,21H,8,11-15H2,1-4H3. The number of amides is 1. The first kappa shape index (κ1) is 19.5. The third-order valence-electron chi connectivity index (χ3n) is 3.59. The molecule has 0 heterocycles. The molecule has 0 radical (unpaired) electrons. The number of aliphatic hydroxyl groups excluding tert-OH is 1. The van der Waals surface area contributed by atoms with Crippen LogP contribution in [0.5, 0.6) is 0 Å². The molecule has 0 aliphatic carbocycles. The van der Waals surface area contributed by atoms with E-state index in [0.717, 1.165) is 19.3 Å². The molecule has 1 aromatic carbocycles. The predicted octanol–water partition coefficient (Wildman–Crippen LogP) is 3.87. The molecule has 23 heavy (non-hydrogen) atoms. The van der Waals surface area contributed by atoms with Gasteiger partial charge in [-0.05, 0) is 51.5 Å². The van der Waals surface area contributed by atoms with Gasteiger partial charge in [0.1, 0.15) is 5.60 Å². The quantitative estimate of drug-likeness (QED) is 0.790. The van der Waals surface area contributed by atoms with Crippen molar-refractivity contribution in [2.45, 2.75) is 52.6 Å². The van der Waals surface area contributed by atoms with Crippen LogP contribution in [0.4, 0.5) is 4.79 Å². The Hall–Kier alpha value is -1.55. The van der Waals surface area contributed by atoms with Crippen molar-refractivity contribution in [1.29, 1.82) is 0 Å². The molecule has 0 saturated heterocycles. The van der Waals surface area contributed by atoms with E-state index in [9.17, 15) is 4.79 Å². The van der Waals surface area contributed by atoms with Gasteiger partial charge in [-0.1, -0.05) is 37.3 Å². The molecule has 0 aliphatic rings. The zero-order valence-electron chi connectivity index (χ0n) is 14.9. The fraction of sp³-hybridized carbons (Fsp3) is 0.632. The van der Waals surface area contributed by atoms with Crippen molar-refractivity contribution in [3.8, 4) is 0 Å². The fourth-order valence-corrected chi connectivity index (χ4v) is 2.21. The molecule has 0 aliphatic heterocycles. The molecule has 4 heteroatoms. The molecule has 0 saturated carbocycles. The Kier molecular flexibility index (Phi) is 8.10. The van der Waals surface area contributed by atoms with E-state index in [0.29, 0.717) is 13.1 Å². The molecule has 0 bridgehead atoms. The maximum absolute atomic E-state index is 12.3. The number of hydrogen-bond acceptors (Lipinski definition) is 3. The highest BCUT2D eigenvalue weighted by atomic mass is 16.6. The Morgan fingerprint density at radius 2 is 1.87 bits per heavy atom. The van der Waals surface area contributed by atoms with Gasteiger partial charge < -0.3 is 14.7 Å². The summed E-state index contributed by atoms with van der Waals surface area (Å²) in [4.78, 5) is 14.1. The van der Waals surface area contributed by atoms with Gasteiger partial charge in [0.15, 0.2) is 0 Å². The number of carbonyl (C=O) groups is 1. The second-order valence-corrected chi connectivity index (χ2v) is 7.13. The van der Waals surface area contributed by atoms with Crippen molar-refractivity contribution in [2.24, 2.45) is 5.92 Å². The van der Waals surface area contributed by atoms with Gasteiger partial charge in [-0.2, -0.15) is 0 Å². The number of hydrogen-bond donors (Lipinski definition) is 1. The summed E-state index contributed by atoms with van der Waals surface area (Å²) in [5.74, 6) is 0.189. The summed E-state index contributed by atoms with van der Waals surface area (Å²) in [6, 6.07) is 10.3. The molecule has 1 atom stereocenters. The molecule has 1 rings (SSSR count). The highest BCUT2D eigenvalue weighted by Crippen LogP contribution is 2.13. The minimum atomic E-state index is -0.489. The summed E-state index contributed by atoms with van der Waals surface area (Å²) < 4.78 is 5.49. The summed E-state index contributed by atoms with van der Waals surface area (Å²) in [5, 5.41) is 9.16. The van der Waals surface area contributed by atoms with Crippen LogP contribution >= 0.6 is 0 Å². The number of benzene rings is 1. The van der Waals surface area contributed by atoms with Gasteiger partial charge in [0.25, 0.3) is 0 Å². The Morgan fingerprint density at radius 3 is 2.43 bits per heavy atom. The largest absolute Gasteiger partial charge is 0.444 e. The Balaban J connectivity index is 2.54. The van der Waals surface area contributed by atoms with Crippen LogP contribution in [-0.4, -0.2) is 41.4 Å². The fourth-order valence-electron chi connectivity index (χ4n) is 2.21. The molecular formula is C19H31NO3. The minimum absolute atomic E-state index is 0.145. The van der Waals surface area contributed by atoms with Crippen LogP contribution in [0.3, 0.4) is 0 Å². The van der Waals surface area contributed by atoms with Gasteiger partial charge in [-0.15, -0.1) is 0 Å². The zero-order chi connectivity index (χ0) is 17.3. The number of aliphatic hydroxyl groups is 1. The summed E-state index contributed by atoms with van der Waals surface area (Å²) in [6.45, 7) is 9.05. The smallest absolute Gasteiger partial charge is 0.410 e. The van der Waals surface area contributed by atoms with Crippen LogP contribution in [0, 0.1) is 5.92 Å². The maximum atomic E-state index is 12.3. The summed E-state index contributed by atoms with van der Waals surface area (Å²) in [5.41, 5.74) is 0.789. The van der Waals surface area contributed by atoms with E-state index < -0.39 is 5.60 Å². The van der Waals surface area contributed by atoms with Crippen LogP contribution < -0.4 is 0 Å². The lowest BCUT2D eigenvalue weighted by molar-refractivity contribution is 0.0234. The Bertz CT molecular complexity index is 453. The van der Waals surface area contributed by atoms with E-state index in [1.807, 2.05) is 45.9 Å². The van der Waals surface area contributed by atoms with Crippen molar-refractivity contribution < 1.29 is 14.6 Å². The Labute approximate surface area is 140 Å². The normalized spacial score (nSPS) is 12.7. The monoisotopic (exact) mass is 321 g/mol. The lowest BCUT2D eigenvalue weighted by Crippen LogP contribution is -2.38. The third kappa shape index (κ3) is 8.60. The molecule has 4 nitrogen and oxygen atoms in total. The molecule has 1 unspecified atom stereocenters. The number of nitrogens with zero attached hydrogens (tertiary/aromatic N) is 1. The molecule has 1 amide bonds. The van der Waals surface area contributed by atoms with E-state index in [1.54, 1.807) is 4.90 Å². The first-order chi connectivity index (χ1) is 10.8. The maximum Gasteiger partial charge on any atom is 0.410 e. The molecule has 1 aromatic rings. The van der Waals surface area contributed by atoms with Crippen molar-refractivity contribution in [1.82, 2.24) is 4.90 Å². The second kappa shape index (κ2) is 9.56. The van der Waals surface area contributed by atoms with Crippen LogP contribution in [0.1, 0.15) is 46.1 Å². The zero-order valence-corrected chi connectivity index (χ0v) is 14.9. The van der Waals surface area contributed by atoms with Crippen LogP contribution in [-0.2, 0) is 11.2 Å². The Morgan fingerprint density at radius 1 is 1.22 bits per heavy atom. The van der Waals surface area contributed by atoms with Crippen LogP contribution in [0.25, 0.3) is 0 Å². The van der Waals surface area contributed by atoms with Gasteiger partial charge in [-0.3, -0.25) is 0 Å². The predicted molar refractivity (Wildman–Crippen MR) is 93.4 cm³/mol. The average Bonchev–Trinajstić information content (AvgIpc) is 2.49. The van der Waals surface area contributed by atoms with Gasteiger partial charge in [-0.25, -0.2) is 4.79 Å². The number of carbonyl (C=O) groups excluding carboxylic acids is 1. The van der Waals surface area contributed by atoms with Crippen molar-refractivity contribution in [3.63, 3.8) is 0 Å².